The summed E-state index contributed by atoms with van der Waals surface area (Å²) in [6.45, 7) is 1.25. The number of piperidine rings is 1. The molecule has 7 heteroatoms. The predicted octanol–water partition coefficient (Wildman–Crippen LogP) is -0.0144. The first-order valence-corrected chi connectivity index (χ1v) is 7.35. The number of hydrogen-bond acceptors (Lipinski definition) is 4. The van der Waals surface area contributed by atoms with E-state index in [1.54, 1.807) is 6.07 Å². The number of benzene rings is 1. The lowest BCUT2D eigenvalue weighted by Crippen LogP contribution is -2.50. The van der Waals surface area contributed by atoms with Gasteiger partial charge in [0.25, 0.3) is 0 Å². The highest BCUT2D eigenvalue weighted by molar-refractivity contribution is 5.85. The maximum atomic E-state index is 13.3. The highest BCUT2D eigenvalue weighted by Gasteiger charge is 2.21. The molecule has 1 atom stereocenters. The number of hydrogen-bond donors (Lipinski definition) is 3. The van der Waals surface area contributed by atoms with Crippen molar-refractivity contribution in [3.63, 3.8) is 0 Å². The van der Waals surface area contributed by atoms with Crippen molar-refractivity contribution in [2.75, 3.05) is 31.1 Å². The molecule has 2 amide bonds. The molecule has 0 spiro atoms. The van der Waals surface area contributed by atoms with Gasteiger partial charge >= 0.3 is 0 Å². The van der Waals surface area contributed by atoms with Crippen LogP contribution < -0.4 is 21.3 Å². The lowest BCUT2D eigenvalue weighted by Gasteiger charge is -2.34. The van der Waals surface area contributed by atoms with Crippen LogP contribution in [-0.2, 0) is 9.59 Å². The molecule has 2 rings (SSSR count). The van der Waals surface area contributed by atoms with Crippen LogP contribution in [0.25, 0.3) is 0 Å². The molecule has 22 heavy (non-hydrogen) atoms. The maximum absolute atomic E-state index is 13.3. The number of nitrogens with one attached hydrogen (secondary N) is 2. The van der Waals surface area contributed by atoms with Crippen LogP contribution in [0, 0.1) is 5.82 Å². The minimum absolute atomic E-state index is 0.0145. The van der Waals surface area contributed by atoms with E-state index in [-0.39, 0.29) is 36.8 Å². The average Bonchev–Trinajstić information content (AvgIpc) is 2.53. The largest absolute Gasteiger partial charge is 0.369 e. The summed E-state index contributed by atoms with van der Waals surface area (Å²) in [7, 11) is 0. The Morgan fingerprint density at radius 2 is 2.18 bits per heavy atom. The number of nitrogens with zero attached hydrogens (tertiary/aromatic N) is 1. The first-order valence-electron chi connectivity index (χ1n) is 7.35. The Morgan fingerprint density at radius 1 is 1.36 bits per heavy atom. The van der Waals surface area contributed by atoms with Crippen LogP contribution in [0.5, 0.6) is 0 Å². The summed E-state index contributed by atoms with van der Waals surface area (Å²) < 4.78 is 13.3. The number of amides is 2. The fraction of sp³-hybridized carbons (Fsp3) is 0.467. The second-order valence-corrected chi connectivity index (χ2v) is 5.31. The second-order valence-electron chi connectivity index (χ2n) is 5.31. The van der Waals surface area contributed by atoms with E-state index in [4.69, 9.17) is 5.73 Å². The van der Waals surface area contributed by atoms with Gasteiger partial charge < -0.3 is 21.3 Å². The standard InChI is InChI=1S/C15H21FN4O2/c16-11-3-1-5-13(7-11)20-6-2-4-12(10-20)19-15(22)9-18-14(21)8-17/h1,3,5,7,12H,2,4,6,8-10,17H2,(H,18,21)(H,19,22). The summed E-state index contributed by atoms with van der Waals surface area (Å²) in [5.41, 5.74) is 5.97. The Morgan fingerprint density at radius 3 is 2.91 bits per heavy atom. The van der Waals surface area contributed by atoms with Crippen molar-refractivity contribution in [2.45, 2.75) is 18.9 Å². The number of anilines is 1. The van der Waals surface area contributed by atoms with Crippen LogP contribution in [0.1, 0.15) is 12.8 Å². The summed E-state index contributed by atoms with van der Waals surface area (Å²) in [6.07, 6.45) is 1.78. The Labute approximate surface area is 128 Å². The molecule has 1 saturated heterocycles. The van der Waals surface area contributed by atoms with E-state index >= 15 is 0 Å². The first-order chi connectivity index (χ1) is 10.6. The molecule has 0 aliphatic carbocycles. The van der Waals surface area contributed by atoms with Gasteiger partial charge in [0.2, 0.25) is 11.8 Å². The zero-order valence-electron chi connectivity index (χ0n) is 12.3. The van der Waals surface area contributed by atoms with Gasteiger partial charge in [-0.1, -0.05) is 6.07 Å². The molecular formula is C15H21FN4O2. The van der Waals surface area contributed by atoms with Crippen molar-refractivity contribution in [3.05, 3.63) is 30.1 Å². The van der Waals surface area contributed by atoms with E-state index in [0.717, 1.165) is 25.1 Å². The third-order valence-electron chi connectivity index (χ3n) is 3.59. The van der Waals surface area contributed by atoms with Crippen LogP contribution in [0.2, 0.25) is 0 Å². The van der Waals surface area contributed by atoms with Gasteiger partial charge in [-0.25, -0.2) is 4.39 Å². The Hall–Kier alpha value is -2.15. The van der Waals surface area contributed by atoms with E-state index in [0.29, 0.717) is 6.54 Å². The molecule has 0 aromatic heterocycles. The monoisotopic (exact) mass is 308 g/mol. The highest BCUT2D eigenvalue weighted by atomic mass is 19.1. The van der Waals surface area contributed by atoms with Crippen molar-refractivity contribution in [1.29, 1.82) is 0 Å². The molecule has 4 N–H and O–H groups in total. The predicted molar refractivity (Wildman–Crippen MR) is 81.8 cm³/mol. The normalized spacial score (nSPS) is 17.9. The third-order valence-corrected chi connectivity index (χ3v) is 3.59. The van der Waals surface area contributed by atoms with Crippen molar-refractivity contribution in [3.8, 4) is 0 Å². The fourth-order valence-electron chi connectivity index (χ4n) is 2.53. The van der Waals surface area contributed by atoms with Gasteiger partial charge in [0, 0.05) is 24.8 Å². The van der Waals surface area contributed by atoms with Crippen LogP contribution >= 0.6 is 0 Å². The zero-order chi connectivity index (χ0) is 15.9. The number of halogens is 1. The van der Waals surface area contributed by atoms with Crippen LogP contribution in [-0.4, -0.2) is 44.0 Å². The molecule has 0 saturated carbocycles. The molecule has 0 bridgehead atoms. The minimum atomic E-state index is -0.361. The molecule has 1 aliphatic rings. The van der Waals surface area contributed by atoms with Crippen LogP contribution in [0.15, 0.2) is 24.3 Å². The minimum Gasteiger partial charge on any atom is -0.369 e. The lowest BCUT2D eigenvalue weighted by atomic mass is 10.0. The van der Waals surface area contributed by atoms with Gasteiger partial charge in [-0.05, 0) is 31.0 Å². The van der Waals surface area contributed by atoms with Crippen LogP contribution in [0.4, 0.5) is 10.1 Å². The third kappa shape index (κ3) is 4.70. The zero-order valence-corrected chi connectivity index (χ0v) is 12.3. The van der Waals surface area contributed by atoms with Gasteiger partial charge in [0.15, 0.2) is 0 Å². The Kier molecular flexibility index (Phi) is 5.71. The quantitative estimate of drug-likeness (QED) is 0.714. The van der Waals surface area contributed by atoms with Gasteiger partial charge in [-0.3, -0.25) is 9.59 Å². The summed E-state index contributed by atoms with van der Waals surface area (Å²) in [5, 5.41) is 5.32. The first kappa shape index (κ1) is 16.2. The van der Waals surface area contributed by atoms with E-state index < -0.39 is 0 Å². The molecule has 1 fully saturated rings. The number of carbonyl (C=O) groups is 2. The van der Waals surface area contributed by atoms with Gasteiger partial charge in [-0.15, -0.1) is 0 Å². The molecule has 1 aliphatic heterocycles. The summed E-state index contributed by atoms with van der Waals surface area (Å²) >= 11 is 0. The Bertz CT molecular complexity index is 538. The SMILES string of the molecule is NCC(=O)NCC(=O)NC1CCCN(c2cccc(F)c2)C1. The van der Waals surface area contributed by atoms with E-state index in [2.05, 4.69) is 15.5 Å². The van der Waals surface area contributed by atoms with Crippen molar-refractivity contribution in [2.24, 2.45) is 5.73 Å². The molecule has 6 nitrogen and oxygen atoms in total. The van der Waals surface area contributed by atoms with Crippen molar-refractivity contribution >= 4 is 17.5 Å². The van der Waals surface area contributed by atoms with Gasteiger partial charge in [-0.2, -0.15) is 0 Å². The van der Waals surface area contributed by atoms with Gasteiger partial charge in [0.05, 0.1) is 13.1 Å². The second kappa shape index (κ2) is 7.74. The number of carbonyl (C=O) groups excluding carboxylic acids is 2. The molecule has 1 aromatic rings. The van der Waals surface area contributed by atoms with Crippen LogP contribution in [0.3, 0.4) is 0 Å². The topological polar surface area (TPSA) is 87.5 Å². The molecule has 1 aromatic carbocycles. The molecule has 1 unspecified atom stereocenters. The van der Waals surface area contributed by atoms with Crippen molar-refractivity contribution < 1.29 is 14.0 Å². The van der Waals surface area contributed by atoms with E-state index in [1.807, 2.05) is 6.07 Å². The lowest BCUT2D eigenvalue weighted by molar-refractivity contribution is -0.125. The highest BCUT2D eigenvalue weighted by Crippen LogP contribution is 2.20. The molecule has 120 valence electrons. The average molecular weight is 308 g/mol. The van der Waals surface area contributed by atoms with E-state index in [9.17, 15) is 14.0 Å². The van der Waals surface area contributed by atoms with Crippen molar-refractivity contribution in [1.82, 2.24) is 10.6 Å². The smallest absolute Gasteiger partial charge is 0.239 e. The summed E-state index contributed by atoms with van der Waals surface area (Å²) in [5.74, 6) is -0.874. The number of nitrogens with two attached hydrogens (primary N) is 1. The maximum Gasteiger partial charge on any atom is 0.239 e. The Balaban J connectivity index is 1.85. The molecule has 1 heterocycles. The summed E-state index contributed by atoms with van der Waals surface area (Å²) in [4.78, 5) is 24.9. The summed E-state index contributed by atoms with van der Waals surface area (Å²) in [6, 6.07) is 6.42. The molecule has 0 radical (unpaired) electrons. The van der Waals surface area contributed by atoms with E-state index in [1.165, 1.54) is 12.1 Å². The molecular weight excluding hydrogens is 287 g/mol. The number of rotatable bonds is 5. The van der Waals surface area contributed by atoms with Gasteiger partial charge in [0.1, 0.15) is 5.82 Å². The fourth-order valence-corrected chi connectivity index (χ4v) is 2.53.